The van der Waals surface area contributed by atoms with E-state index < -0.39 is 0 Å². The molecule has 0 aliphatic heterocycles. The zero-order valence-electron chi connectivity index (χ0n) is 10.2. The first-order chi connectivity index (χ1) is 7.06. The number of nitrogens with two attached hydrogens (primary N) is 1. The van der Waals surface area contributed by atoms with E-state index in [0.29, 0.717) is 12.6 Å². The van der Waals surface area contributed by atoms with Gasteiger partial charge in [0.1, 0.15) is 0 Å². The van der Waals surface area contributed by atoms with E-state index in [1.54, 1.807) is 0 Å². The zero-order chi connectivity index (χ0) is 11.4. The maximum Gasteiger partial charge on any atom is 0.0295 e. The summed E-state index contributed by atoms with van der Waals surface area (Å²) in [5, 5.41) is 3.41. The predicted molar refractivity (Wildman–Crippen MR) is 66.1 cm³/mol. The van der Waals surface area contributed by atoms with Gasteiger partial charge >= 0.3 is 0 Å². The number of rotatable bonds is 4. The van der Waals surface area contributed by atoms with Gasteiger partial charge in [0, 0.05) is 19.1 Å². The predicted octanol–water partition coefficient (Wildman–Crippen LogP) is 2.22. The van der Waals surface area contributed by atoms with Crippen molar-refractivity contribution in [1.29, 1.82) is 0 Å². The highest BCUT2D eigenvalue weighted by molar-refractivity contribution is 5.37. The quantitative estimate of drug-likeness (QED) is 0.792. The van der Waals surface area contributed by atoms with Crippen molar-refractivity contribution in [3.05, 3.63) is 34.4 Å². The lowest BCUT2D eigenvalue weighted by Crippen LogP contribution is -2.26. The molecule has 0 heterocycles. The summed E-state index contributed by atoms with van der Waals surface area (Å²) >= 11 is 0. The Morgan fingerprint density at radius 1 is 1.13 bits per heavy atom. The molecule has 3 N–H and O–H groups in total. The van der Waals surface area contributed by atoms with E-state index in [2.05, 4.69) is 45.1 Å². The van der Waals surface area contributed by atoms with Crippen LogP contribution in [0.25, 0.3) is 0 Å². The van der Waals surface area contributed by atoms with Crippen LogP contribution >= 0.6 is 0 Å². The first-order valence-electron chi connectivity index (χ1n) is 5.57. The number of nitrogens with one attached hydrogen (secondary N) is 1. The monoisotopic (exact) mass is 206 g/mol. The minimum absolute atomic E-state index is 0.382. The lowest BCUT2D eigenvalue weighted by atomic mass is 9.96. The Morgan fingerprint density at radius 3 is 2.33 bits per heavy atom. The van der Waals surface area contributed by atoms with Gasteiger partial charge in [0.05, 0.1) is 0 Å². The van der Waals surface area contributed by atoms with Crippen LogP contribution in [-0.4, -0.2) is 13.1 Å². The van der Waals surface area contributed by atoms with Gasteiger partial charge in [0.15, 0.2) is 0 Å². The average Bonchev–Trinajstić information content (AvgIpc) is 2.20. The van der Waals surface area contributed by atoms with Crippen molar-refractivity contribution in [1.82, 2.24) is 5.32 Å². The third kappa shape index (κ3) is 3.05. The molecule has 0 spiro atoms. The first-order valence-corrected chi connectivity index (χ1v) is 5.57. The van der Waals surface area contributed by atoms with E-state index in [0.717, 1.165) is 6.54 Å². The molecule has 2 heteroatoms. The van der Waals surface area contributed by atoms with Crippen molar-refractivity contribution in [3.63, 3.8) is 0 Å². The lowest BCUT2D eigenvalue weighted by Gasteiger charge is -2.18. The van der Waals surface area contributed by atoms with Gasteiger partial charge in [-0.25, -0.2) is 0 Å². The van der Waals surface area contributed by atoms with Crippen molar-refractivity contribution in [3.8, 4) is 0 Å². The van der Waals surface area contributed by atoms with Crippen LogP contribution in [-0.2, 0) is 0 Å². The summed E-state index contributed by atoms with van der Waals surface area (Å²) < 4.78 is 0. The summed E-state index contributed by atoms with van der Waals surface area (Å²) in [5.74, 6) is 0. The number of aryl methyl sites for hydroxylation is 3. The average molecular weight is 206 g/mol. The largest absolute Gasteiger partial charge is 0.329 e. The summed E-state index contributed by atoms with van der Waals surface area (Å²) in [5.41, 5.74) is 10.9. The second kappa shape index (κ2) is 5.29. The molecule has 0 aliphatic rings. The van der Waals surface area contributed by atoms with Crippen LogP contribution in [0.3, 0.4) is 0 Å². The SMILES string of the molecule is Cc1cc(C)c(C(C)NCCN)cc1C. The molecule has 2 nitrogen and oxygen atoms in total. The molecule has 1 aromatic carbocycles. The standard InChI is InChI=1S/C13H22N2/c1-9-7-11(3)13(8-10(9)2)12(4)15-6-5-14/h7-8,12,15H,5-6,14H2,1-4H3. The molecule has 0 fully saturated rings. The van der Waals surface area contributed by atoms with Crippen molar-refractivity contribution in [2.75, 3.05) is 13.1 Å². The van der Waals surface area contributed by atoms with Crippen LogP contribution in [0.4, 0.5) is 0 Å². The second-order valence-corrected chi connectivity index (χ2v) is 4.26. The van der Waals surface area contributed by atoms with Crippen molar-refractivity contribution < 1.29 is 0 Å². The zero-order valence-corrected chi connectivity index (χ0v) is 10.2. The van der Waals surface area contributed by atoms with Gasteiger partial charge in [-0.1, -0.05) is 12.1 Å². The van der Waals surface area contributed by atoms with E-state index in [1.165, 1.54) is 22.3 Å². The summed E-state index contributed by atoms with van der Waals surface area (Å²) in [6, 6.07) is 4.91. The maximum atomic E-state index is 5.48. The maximum absolute atomic E-state index is 5.48. The Kier molecular flexibility index (Phi) is 4.30. The number of hydrogen-bond acceptors (Lipinski definition) is 2. The lowest BCUT2D eigenvalue weighted by molar-refractivity contribution is 0.579. The molecule has 0 aromatic heterocycles. The Hall–Kier alpha value is -0.860. The highest BCUT2D eigenvalue weighted by Crippen LogP contribution is 2.21. The minimum Gasteiger partial charge on any atom is -0.329 e. The molecular weight excluding hydrogens is 184 g/mol. The molecule has 1 atom stereocenters. The Bertz CT molecular complexity index is 332. The van der Waals surface area contributed by atoms with Crippen molar-refractivity contribution in [2.45, 2.75) is 33.7 Å². The molecule has 0 saturated heterocycles. The second-order valence-electron chi connectivity index (χ2n) is 4.26. The topological polar surface area (TPSA) is 38.0 Å². The fraction of sp³-hybridized carbons (Fsp3) is 0.538. The molecule has 0 saturated carbocycles. The Labute approximate surface area is 92.9 Å². The van der Waals surface area contributed by atoms with Gasteiger partial charge in [-0.3, -0.25) is 0 Å². The molecule has 15 heavy (non-hydrogen) atoms. The Balaban J connectivity index is 2.88. The third-order valence-electron chi connectivity index (χ3n) is 2.94. The van der Waals surface area contributed by atoms with Gasteiger partial charge in [0.2, 0.25) is 0 Å². The van der Waals surface area contributed by atoms with Crippen LogP contribution in [0, 0.1) is 20.8 Å². The van der Waals surface area contributed by atoms with E-state index >= 15 is 0 Å². The van der Waals surface area contributed by atoms with Crippen LogP contribution in [0.15, 0.2) is 12.1 Å². The molecule has 1 unspecified atom stereocenters. The molecule has 0 bridgehead atoms. The van der Waals surface area contributed by atoms with Gasteiger partial charge < -0.3 is 11.1 Å². The van der Waals surface area contributed by atoms with E-state index in [1.807, 2.05) is 0 Å². The van der Waals surface area contributed by atoms with Crippen LogP contribution < -0.4 is 11.1 Å². The smallest absolute Gasteiger partial charge is 0.0295 e. The molecule has 0 amide bonds. The number of hydrogen-bond donors (Lipinski definition) is 2. The van der Waals surface area contributed by atoms with E-state index in [9.17, 15) is 0 Å². The summed E-state index contributed by atoms with van der Waals surface area (Å²) in [6.45, 7) is 10.2. The minimum atomic E-state index is 0.382. The van der Waals surface area contributed by atoms with Crippen LogP contribution in [0.2, 0.25) is 0 Å². The molecule has 1 rings (SSSR count). The van der Waals surface area contributed by atoms with Gasteiger partial charge in [-0.15, -0.1) is 0 Å². The van der Waals surface area contributed by atoms with Gasteiger partial charge in [-0.05, 0) is 49.9 Å². The summed E-state index contributed by atoms with van der Waals surface area (Å²) in [6.07, 6.45) is 0. The Morgan fingerprint density at radius 2 is 1.73 bits per heavy atom. The molecular formula is C13H22N2. The van der Waals surface area contributed by atoms with E-state index in [4.69, 9.17) is 5.73 Å². The van der Waals surface area contributed by atoms with Crippen molar-refractivity contribution in [2.24, 2.45) is 5.73 Å². The van der Waals surface area contributed by atoms with Crippen LogP contribution in [0.5, 0.6) is 0 Å². The van der Waals surface area contributed by atoms with Crippen molar-refractivity contribution >= 4 is 0 Å². The van der Waals surface area contributed by atoms with Crippen LogP contribution in [0.1, 0.15) is 35.2 Å². The van der Waals surface area contributed by atoms with Gasteiger partial charge in [0.25, 0.3) is 0 Å². The first kappa shape index (κ1) is 12.2. The summed E-state index contributed by atoms with van der Waals surface area (Å²) in [4.78, 5) is 0. The molecule has 0 aliphatic carbocycles. The normalized spacial score (nSPS) is 12.9. The highest BCUT2D eigenvalue weighted by atomic mass is 14.9. The fourth-order valence-corrected chi connectivity index (χ4v) is 1.86. The highest BCUT2D eigenvalue weighted by Gasteiger charge is 2.08. The van der Waals surface area contributed by atoms with E-state index in [-0.39, 0.29) is 0 Å². The fourth-order valence-electron chi connectivity index (χ4n) is 1.86. The van der Waals surface area contributed by atoms with Gasteiger partial charge in [-0.2, -0.15) is 0 Å². The molecule has 0 radical (unpaired) electrons. The summed E-state index contributed by atoms with van der Waals surface area (Å²) in [7, 11) is 0. The molecule has 1 aromatic rings. The third-order valence-corrected chi connectivity index (χ3v) is 2.94. The number of benzene rings is 1. The molecule has 84 valence electrons.